The van der Waals surface area contributed by atoms with E-state index < -0.39 is 11.7 Å². The molecule has 106 valence electrons. The van der Waals surface area contributed by atoms with Crippen LogP contribution in [0.3, 0.4) is 0 Å². The first-order valence-electron chi connectivity index (χ1n) is 6.51. The van der Waals surface area contributed by atoms with Crippen LogP contribution >= 0.6 is 0 Å². The fraction of sp³-hybridized carbons (Fsp3) is 0.571. The van der Waals surface area contributed by atoms with Crippen LogP contribution in [0.2, 0.25) is 0 Å². The van der Waals surface area contributed by atoms with Crippen molar-refractivity contribution in [2.45, 2.75) is 44.0 Å². The van der Waals surface area contributed by atoms with Gasteiger partial charge in [-0.25, -0.2) is 0 Å². The zero-order chi connectivity index (χ0) is 13.9. The van der Waals surface area contributed by atoms with Gasteiger partial charge in [0.05, 0.1) is 11.7 Å². The molecule has 2 N–H and O–H groups in total. The molecule has 2 rings (SSSR count). The maximum Gasteiger partial charge on any atom is 0.416 e. The number of benzene rings is 1. The third-order valence-electron chi connectivity index (χ3n) is 3.47. The van der Waals surface area contributed by atoms with Crippen LogP contribution in [0.1, 0.15) is 42.9 Å². The van der Waals surface area contributed by atoms with Gasteiger partial charge in [0.2, 0.25) is 0 Å². The SMILES string of the molecule is NC(CCC1CCCO1)c1cccc(C(F)(F)F)c1. The molecule has 1 fully saturated rings. The molecule has 0 bridgehead atoms. The fourth-order valence-corrected chi connectivity index (χ4v) is 2.35. The van der Waals surface area contributed by atoms with Crippen LogP contribution in [0, 0.1) is 0 Å². The molecule has 2 atom stereocenters. The highest BCUT2D eigenvalue weighted by Gasteiger charge is 2.30. The lowest BCUT2D eigenvalue weighted by molar-refractivity contribution is -0.137. The van der Waals surface area contributed by atoms with E-state index in [0.717, 1.165) is 38.0 Å². The molecule has 1 aromatic carbocycles. The van der Waals surface area contributed by atoms with E-state index in [0.29, 0.717) is 12.0 Å². The molecule has 0 spiro atoms. The van der Waals surface area contributed by atoms with Crippen molar-refractivity contribution in [1.29, 1.82) is 0 Å². The van der Waals surface area contributed by atoms with Crippen LogP contribution < -0.4 is 5.73 Å². The Labute approximate surface area is 110 Å². The molecule has 2 unspecified atom stereocenters. The molecular weight excluding hydrogens is 255 g/mol. The minimum atomic E-state index is -4.32. The molecule has 0 amide bonds. The van der Waals surface area contributed by atoms with Gasteiger partial charge in [0.15, 0.2) is 0 Å². The smallest absolute Gasteiger partial charge is 0.378 e. The molecule has 2 nitrogen and oxygen atoms in total. The van der Waals surface area contributed by atoms with Crippen LogP contribution in [0.25, 0.3) is 0 Å². The second-order valence-corrected chi connectivity index (χ2v) is 4.94. The Balaban J connectivity index is 1.96. The molecule has 0 aliphatic carbocycles. The molecule has 1 aromatic rings. The lowest BCUT2D eigenvalue weighted by Crippen LogP contribution is -2.15. The summed E-state index contributed by atoms with van der Waals surface area (Å²) in [6.45, 7) is 0.781. The number of rotatable bonds is 4. The largest absolute Gasteiger partial charge is 0.416 e. The van der Waals surface area contributed by atoms with Gasteiger partial charge in [0.1, 0.15) is 0 Å². The summed E-state index contributed by atoms with van der Waals surface area (Å²) in [5, 5.41) is 0. The number of nitrogens with two attached hydrogens (primary N) is 1. The van der Waals surface area contributed by atoms with Crippen LogP contribution in [-0.4, -0.2) is 12.7 Å². The lowest BCUT2D eigenvalue weighted by atomic mass is 9.98. The summed E-state index contributed by atoms with van der Waals surface area (Å²) in [7, 11) is 0. The van der Waals surface area contributed by atoms with Gasteiger partial charge in [-0.1, -0.05) is 12.1 Å². The summed E-state index contributed by atoms with van der Waals surface area (Å²) in [5.41, 5.74) is 5.86. The van der Waals surface area contributed by atoms with Crippen molar-refractivity contribution in [3.05, 3.63) is 35.4 Å². The van der Waals surface area contributed by atoms with Crippen molar-refractivity contribution >= 4 is 0 Å². The topological polar surface area (TPSA) is 35.2 Å². The van der Waals surface area contributed by atoms with Crippen molar-refractivity contribution in [2.75, 3.05) is 6.61 Å². The molecule has 0 radical (unpaired) electrons. The molecule has 1 heterocycles. The van der Waals surface area contributed by atoms with E-state index in [1.165, 1.54) is 6.07 Å². The molecule has 1 aliphatic heterocycles. The van der Waals surface area contributed by atoms with Crippen molar-refractivity contribution in [2.24, 2.45) is 5.73 Å². The third kappa shape index (κ3) is 3.94. The van der Waals surface area contributed by atoms with E-state index in [-0.39, 0.29) is 12.1 Å². The second-order valence-electron chi connectivity index (χ2n) is 4.94. The zero-order valence-corrected chi connectivity index (χ0v) is 10.6. The Morgan fingerprint density at radius 3 is 2.79 bits per heavy atom. The van der Waals surface area contributed by atoms with Gasteiger partial charge in [0, 0.05) is 12.6 Å². The van der Waals surface area contributed by atoms with Gasteiger partial charge in [-0.2, -0.15) is 13.2 Å². The average molecular weight is 273 g/mol. The second kappa shape index (κ2) is 5.92. The molecule has 1 saturated heterocycles. The number of alkyl halides is 3. The maximum atomic E-state index is 12.6. The van der Waals surface area contributed by atoms with Crippen LogP contribution in [0.15, 0.2) is 24.3 Å². The van der Waals surface area contributed by atoms with Gasteiger partial charge < -0.3 is 10.5 Å². The maximum absolute atomic E-state index is 12.6. The number of hydrogen-bond donors (Lipinski definition) is 1. The van der Waals surface area contributed by atoms with Crippen molar-refractivity contribution < 1.29 is 17.9 Å². The fourth-order valence-electron chi connectivity index (χ4n) is 2.35. The van der Waals surface area contributed by atoms with Crippen molar-refractivity contribution in [1.82, 2.24) is 0 Å². The first-order valence-corrected chi connectivity index (χ1v) is 6.51. The quantitative estimate of drug-likeness (QED) is 0.908. The first-order chi connectivity index (χ1) is 8.97. The highest BCUT2D eigenvalue weighted by atomic mass is 19.4. The average Bonchev–Trinajstić information content (AvgIpc) is 2.88. The van der Waals surface area contributed by atoms with Crippen LogP contribution in [0.5, 0.6) is 0 Å². The third-order valence-corrected chi connectivity index (χ3v) is 3.47. The summed E-state index contributed by atoms with van der Waals surface area (Å²) in [5.74, 6) is 0. The van der Waals surface area contributed by atoms with E-state index in [9.17, 15) is 13.2 Å². The normalized spacial score (nSPS) is 21.6. The summed E-state index contributed by atoms with van der Waals surface area (Å²) in [6.07, 6.45) is -0.566. The molecule has 1 aliphatic rings. The Hall–Kier alpha value is -1.07. The van der Waals surface area contributed by atoms with Gasteiger partial charge in [-0.3, -0.25) is 0 Å². The number of halogens is 3. The van der Waals surface area contributed by atoms with Crippen LogP contribution in [0.4, 0.5) is 13.2 Å². The van der Waals surface area contributed by atoms with Gasteiger partial charge in [0.25, 0.3) is 0 Å². The zero-order valence-electron chi connectivity index (χ0n) is 10.6. The minimum absolute atomic E-state index is 0.219. The summed E-state index contributed by atoms with van der Waals surface area (Å²) >= 11 is 0. The first kappa shape index (κ1) is 14.3. The molecule has 0 aromatic heterocycles. The highest BCUT2D eigenvalue weighted by Crippen LogP contribution is 2.31. The van der Waals surface area contributed by atoms with Crippen molar-refractivity contribution in [3.8, 4) is 0 Å². The number of ether oxygens (including phenoxy) is 1. The molecular formula is C14H18F3NO. The number of hydrogen-bond acceptors (Lipinski definition) is 2. The Morgan fingerprint density at radius 1 is 1.37 bits per heavy atom. The van der Waals surface area contributed by atoms with Crippen LogP contribution in [-0.2, 0) is 10.9 Å². The van der Waals surface area contributed by atoms with E-state index in [4.69, 9.17) is 10.5 Å². The Morgan fingerprint density at radius 2 is 2.16 bits per heavy atom. The summed E-state index contributed by atoms with van der Waals surface area (Å²) in [4.78, 5) is 0. The predicted molar refractivity (Wildman–Crippen MR) is 66.6 cm³/mol. The van der Waals surface area contributed by atoms with E-state index in [2.05, 4.69) is 0 Å². The Bertz CT molecular complexity index is 413. The Kier molecular flexibility index (Phi) is 4.47. The minimum Gasteiger partial charge on any atom is -0.378 e. The molecule has 5 heteroatoms. The molecule has 19 heavy (non-hydrogen) atoms. The monoisotopic (exact) mass is 273 g/mol. The summed E-state index contributed by atoms with van der Waals surface area (Å²) in [6, 6.07) is 4.89. The van der Waals surface area contributed by atoms with Gasteiger partial charge in [-0.05, 0) is 43.4 Å². The highest BCUT2D eigenvalue weighted by molar-refractivity contribution is 5.27. The van der Waals surface area contributed by atoms with E-state index in [1.54, 1.807) is 6.07 Å². The standard InChI is InChI=1S/C14H18F3NO/c15-14(16,17)11-4-1-3-10(9-11)13(18)7-6-12-5-2-8-19-12/h1,3-4,9,12-13H,2,5-8,18H2. The van der Waals surface area contributed by atoms with Gasteiger partial charge >= 0.3 is 6.18 Å². The van der Waals surface area contributed by atoms with Gasteiger partial charge in [-0.15, -0.1) is 0 Å². The molecule has 0 saturated carbocycles. The van der Waals surface area contributed by atoms with E-state index >= 15 is 0 Å². The summed E-state index contributed by atoms with van der Waals surface area (Å²) < 4.78 is 43.3. The predicted octanol–water partition coefficient (Wildman–Crippen LogP) is 3.66. The van der Waals surface area contributed by atoms with E-state index in [1.807, 2.05) is 0 Å². The van der Waals surface area contributed by atoms with Crippen molar-refractivity contribution in [3.63, 3.8) is 0 Å². The lowest BCUT2D eigenvalue weighted by Gasteiger charge is -2.16.